The topological polar surface area (TPSA) is 79.4 Å². The Bertz CT molecular complexity index is 873. The predicted octanol–water partition coefficient (Wildman–Crippen LogP) is 5.28. The largest absolute Gasteiger partial charge is 0.365 e. The summed E-state index contributed by atoms with van der Waals surface area (Å²) in [6.45, 7) is 5.47. The summed E-state index contributed by atoms with van der Waals surface area (Å²) in [6.07, 6.45) is 10.3. The molecule has 0 unspecified atom stereocenters. The Morgan fingerprint density at radius 3 is 2.57 bits per heavy atom. The van der Waals surface area contributed by atoms with Crippen LogP contribution in [0.15, 0.2) is 4.73 Å². The van der Waals surface area contributed by atoms with Crippen molar-refractivity contribution in [2.45, 2.75) is 77.8 Å². The second-order valence-corrected chi connectivity index (χ2v) is 9.46. The normalized spacial score (nSPS) is 23.9. The minimum absolute atomic E-state index is 0.175. The lowest BCUT2D eigenvalue weighted by Crippen LogP contribution is -2.31. The second-order valence-electron chi connectivity index (χ2n) is 8.75. The Kier molecular flexibility index (Phi) is 5.86. The van der Waals surface area contributed by atoms with E-state index in [1.54, 1.807) is 0 Å². The molecule has 6 nitrogen and oxygen atoms in total. The highest BCUT2D eigenvalue weighted by molar-refractivity contribution is 9.10. The van der Waals surface area contributed by atoms with Gasteiger partial charge >= 0.3 is 0 Å². The van der Waals surface area contributed by atoms with E-state index in [4.69, 9.17) is 0 Å². The van der Waals surface area contributed by atoms with Crippen LogP contribution < -0.4 is 5.32 Å². The number of hydrogen-bond acceptors (Lipinski definition) is 5. The Labute approximate surface area is 175 Å². The first-order valence-electron chi connectivity index (χ1n) is 10.7. The number of hydrogen-bond donors (Lipinski definition) is 1. The standard InChI is InChI=1S/C21H29BrN6/c1-13-6-8-15(9-7-13)10-11-28-18-19(24-14(2)16-4-3-5-16)25-17(12-23)26-20(18)27-21(28)22/h13-16H,3-11H2,1-2H3,(H,24,25,26)/t13?,14-,15?/m1/s1. The van der Waals surface area contributed by atoms with Crippen molar-refractivity contribution in [3.63, 3.8) is 0 Å². The maximum atomic E-state index is 9.34. The maximum absolute atomic E-state index is 9.34. The number of nitrogens with one attached hydrogen (secondary N) is 1. The first-order valence-corrected chi connectivity index (χ1v) is 11.4. The molecule has 0 amide bonds. The number of nitrogens with zero attached hydrogens (tertiary/aromatic N) is 5. The third kappa shape index (κ3) is 4.03. The molecule has 1 N–H and O–H groups in total. The zero-order valence-electron chi connectivity index (χ0n) is 16.8. The van der Waals surface area contributed by atoms with Gasteiger partial charge in [0.25, 0.3) is 0 Å². The molecular weight excluding hydrogens is 416 g/mol. The Balaban J connectivity index is 1.60. The van der Waals surface area contributed by atoms with Crippen molar-refractivity contribution in [1.82, 2.24) is 19.5 Å². The summed E-state index contributed by atoms with van der Waals surface area (Å²) >= 11 is 3.62. The van der Waals surface area contributed by atoms with Crippen LogP contribution in [0.25, 0.3) is 11.2 Å². The van der Waals surface area contributed by atoms with Gasteiger partial charge in [-0.05, 0) is 59.9 Å². The smallest absolute Gasteiger partial charge is 0.236 e. The summed E-state index contributed by atoms with van der Waals surface area (Å²) in [5, 5.41) is 12.9. The van der Waals surface area contributed by atoms with Gasteiger partial charge in [0, 0.05) is 12.6 Å². The minimum atomic E-state index is 0.175. The molecule has 2 aromatic rings. The first kappa shape index (κ1) is 19.6. The van der Waals surface area contributed by atoms with Gasteiger partial charge in [-0.25, -0.2) is 4.98 Å². The molecule has 2 saturated carbocycles. The molecule has 2 aromatic heterocycles. The van der Waals surface area contributed by atoms with Crippen molar-refractivity contribution in [2.75, 3.05) is 5.32 Å². The number of anilines is 1. The Morgan fingerprint density at radius 2 is 1.93 bits per heavy atom. The van der Waals surface area contributed by atoms with Crippen LogP contribution in [0.1, 0.15) is 71.0 Å². The van der Waals surface area contributed by atoms with E-state index >= 15 is 0 Å². The zero-order chi connectivity index (χ0) is 19.7. The van der Waals surface area contributed by atoms with E-state index in [0.717, 1.165) is 40.9 Å². The average molecular weight is 445 g/mol. The van der Waals surface area contributed by atoms with Crippen LogP contribution in [0.5, 0.6) is 0 Å². The third-order valence-electron chi connectivity index (χ3n) is 6.77. The lowest BCUT2D eigenvalue weighted by molar-refractivity contribution is 0.269. The van der Waals surface area contributed by atoms with E-state index in [1.807, 2.05) is 0 Å². The van der Waals surface area contributed by atoms with E-state index in [-0.39, 0.29) is 5.82 Å². The van der Waals surface area contributed by atoms with Gasteiger partial charge < -0.3 is 9.88 Å². The molecule has 2 heterocycles. The fourth-order valence-electron chi connectivity index (χ4n) is 4.57. The van der Waals surface area contributed by atoms with Gasteiger partial charge in [0.2, 0.25) is 5.82 Å². The monoisotopic (exact) mass is 444 g/mol. The predicted molar refractivity (Wildman–Crippen MR) is 114 cm³/mol. The summed E-state index contributed by atoms with van der Waals surface area (Å²) in [6, 6.07) is 2.41. The van der Waals surface area contributed by atoms with E-state index in [1.165, 1.54) is 44.9 Å². The van der Waals surface area contributed by atoms with Gasteiger partial charge in [0.15, 0.2) is 16.2 Å². The van der Waals surface area contributed by atoms with Gasteiger partial charge in [-0.3, -0.25) is 0 Å². The number of nitriles is 1. The van der Waals surface area contributed by atoms with Crippen LogP contribution in [-0.2, 0) is 6.54 Å². The highest BCUT2D eigenvalue weighted by Gasteiger charge is 2.26. The van der Waals surface area contributed by atoms with Gasteiger partial charge in [-0.2, -0.15) is 15.2 Å². The van der Waals surface area contributed by atoms with Crippen LogP contribution in [0.3, 0.4) is 0 Å². The molecule has 0 radical (unpaired) electrons. The summed E-state index contributed by atoms with van der Waals surface area (Å²) < 4.78 is 2.96. The summed E-state index contributed by atoms with van der Waals surface area (Å²) in [5.74, 6) is 3.26. The highest BCUT2D eigenvalue weighted by Crippen LogP contribution is 2.34. The Morgan fingerprint density at radius 1 is 1.18 bits per heavy atom. The number of halogens is 1. The quantitative estimate of drug-likeness (QED) is 0.613. The Hall–Kier alpha value is -1.68. The third-order valence-corrected chi connectivity index (χ3v) is 7.38. The van der Waals surface area contributed by atoms with Crippen molar-refractivity contribution in [3.05, 3.63) is 10.6 Å². The molecule has 2 aliphatic rings. The molecule has 0 saturated heterocycles. The molecule has 7 heteroatoms. The fraction of sp³-hybridized carbons (Fsp3) is 0.714. The van der Waals surface area contributed by atoms with Crippen molar-refractivity contribution in [3.8, 4) is 6.07 Å². The van der Waals surface area contributed by atoms with Crippen LogP contribution >= 0.6 is 15.9 Å². The molecule has 0 aromatic carbocycles. The lowest BCUT2D eigenvalue weighted by Gasteiger charge is -2.32. The highest BCUT2D eigenvalue weighted by atomic mass is 79.9. The van der Waals surface area contributed by atoms with Crippen LogP contribution in [0, 0.1) is 29.1 Å². The van der Waals surface area contributed by atoms with Gasteiger partial charge in [0.1, 0.15) is 11.6 Å². The summed E-state index contributed by atoms with van der Waals surface area (Å²) in [4.78, 5) is 13.4. The molecule has 0 aliphatic heterocycles. The van der Waals surface area contributed by atoms with Crippen LogP contribution in [0.2, 0.25) is 0 Å². The van der Waals surface area contributed by atoms with E-state index in [2.05, 4.69) is 60.7 Å². The van der Waals surface area contributed by atoms with Crippen LogP contribution in [0.4, 0.5) is 5.82 Å². The number of rotatable bonds is 6. The lowest BCUT2D eigenvalue weighted by atomic mass is 9.80. The van der Waals surface area contributed by atoms with Gasteiger partial charge in [-0.1, -0.05) is 39.0 Å². The minimum Gasteiger partial charge on any atom is -0.365 e. The number of imidazole rings is 1. The summed E-state index contributed by atoms with van der Waals surface area (Å²) in [7, 11) is 0. The molecule has 4 rings (SSSR count). The number of aromatic nitrogens is 4. The van der Waals surface area contributed by atoms with E-state index in [0.29, 0.717) is 17.6 Å². The van der Waals surface area contributed by atoms with Crippen molar-refractivity contribution in [2.24, 2.45) is 17.8 Å². The molecular formula is C21H29BrN6. The molecule has 28 heavy (non-hydrogen) atoms. The zero-order valence-corrected chi connectivity index (χ0v) is 18.4. The first-order chi connectivity index (χ1) is 13.5. The van der Waals surface area contributed by atoms with Crippen molar-refractivity contribution >= 4 is 32.9 Å². The SMILES string of the molecule is CC1CCC(CCn2c(Br)nc3nc(C#N)nc(N[C@H](C)C4CCC4)c32)CC1. The van der Waals surface area contributed by atoms with Crippen molar-refractivity contribution < 1.29 is 0 Å². The van der Waals surface area contributed by atoms with Crippen molar-refractivity contribution in [1.29, 1.82) is 5.26 Å². The second kappa shape index (κ2) is 8.36. The maximum Gasteiger partial charge on any atom is 0.236 e. The summed E-state index contributed by atoms with van der Waals surface area (Å²) in [5.41, 5.74) is 1.51. The molecule has 1 atom stereocenters. The number of fused-ring (bicyclic) bond motifs is 1. The number of aryl methyl sites for hydroxylation is 1. The fourth-order valence-corrected chi connectivity index (χ4v) is 5.09. The molecule has 2 aliphatic carbocycles. The van der Waals surface area contributed by atoms with E-state index < -0.39 is 0 Å². The average Bonchev–Trinajstić information content (AvgIpc) is 2.95. The molecule has 150 valence electrons. The van der Waals surface area contributed by atoms with Gasteiger partial charge in [0.05, 0.1) is 0 Å². The van der Waals surface area contributed by atoms with Gasteiger partial charge in [-0.15, -0.1) is 0 Å². The van der Waals surface area contributed by atoms with E-state index in [9.17, 15) is 5.26 Å². The van der Waals surface area contributed by atoms with Crippen LogP contribution in [-0.4, -0.2) is 25.6 Å². The molecule has 2 fully saturated rings. The molecule has 0 bridgehead atoms. The molecule has 0 spiro atoms.